The molecule has 1 aromatic carbocycles. The summed E-state index contributed by atoms with van der Waals surface area (Å²) in [7, 11) is 0. The first-order valence-corrected chi connectivity index (χ1v) is 11.5. The first-order chi connectivity index (χ1) is 15.0. The molecule has 0 aliphatic heterocycles. The van der Waals surface area contributed by atoms with Gasteiger partial charge in [-0.3, -0.25) is 5.75 Å². The largest absolute Gasteiger partial charge is 2.00 e. The van der Waals surface area contributed by atoms with Crippen molar-refractivity contribution in [3.05, 3.63) is 81.5 Å². The quantitative estimate of drug-likeness (QED) is 0.203. The second-order valence-corrected chi connectivity index (χ2v) is 9.78. The van der Waals surface area contributed by atoms with E-state index in [1.54, 1.807) is 11.8 Å². The van der Waals surface area contributed by atoms with Crippen LogP contribution in [0.15, 0.2) is 35.2 Å². The third-order valence-electron chi connectivity index (χ3n) is 6.18. The van der Waals surface area contributed by atoms with Gasteiger partial charge in [0, 0.05) is 5.92 Å². The van der Waals surface area contributed by atoms with Crippen LogP contribution in [0.5, 0.6) is 0 Å². The Bertz CT molecular complexity index is 670. The molecule has 171 valence electrons. The van der Waals surface area contributed by atoms with E-state index in [2.05, 4.69) is 64.1 Å². The van der Waals surface area contributed by atoms with Crippen LogP contribution in [0.1, 0.15) is 46.5 Å². The Hall–Kier alpha value is -0.761. The predicted molar refractivity (Wildman–Crippen MR) is 123 cm³/mol. The van der Waals surface area contributed by atoms with Gasteiger partial charge in [0.25, 0.3) is 0 Å². The van der Waals surface area contributed by atoms with Gasteiger partial charge in [-0.15, -0.1) is 0 Å². The summed E-state index contributed by atoms with van der Waals surface area (Å²) in [6.07, 6.45) is 14.8. The van der Waals surface area contributed by atoms with Crippen LogP contribution < -0.4 is 0 Å². The maximum absolute atomic E-state index is 13.0. The van der Waals surface area contributed by atoms with Gasteiger partial charge < -0.3 is 16.6 Å². The second kappa shape index (κ2) is 16.8. The van der Waals surface area contributed by atoms with Crippen molar-refractivity contribution in [1.82, 2.24) is 0 Å². The molecular weight excluding hydrogens is 460 g/mol. The number of rotatable bonds is 5. The SMILES string of the molecule is CC(C)C[C@H]1C[C@]2(C)CC[C@@H]2C(=O)C1[CH-]Sc1ccccc1.[C-]#[O+].[C-]#[O+].[CH]1[CH][CH][CH][CH]1.[Fe+2]. The van der Waals surface area contributed by atoms with Crippen LogP contribution in [0, 0.1) is 80.2 Å². The molecule has 4 rings (SSSR count). The summed E-state index contributed by atoms with van der Waals surface area (Å²) in [4.78, 5) is 14.2. The van der Waals surface area contributed by atoms with Crippen LogP contribution in [-0.4, -0.2) is 5.78 Å². The molecule has 5 radical (unpaired) electrons. The Kier molecular flexibility index (Phi) is 16.4. The fraction of sp³-hybridized carbons (Fsp3) is 0.444. The van der Waals surface area contributed by atoms with Gasteiger partial charge in [-0.05, 0) is 74.0 Å². The van der Waals surface area contributed by atoms with E-state index in [-0.39, 0.29) is 23.0 Å². The van der Waals surface area contributed by atoms with Gasteiger partial charge in [0.05, 0.1) is 0 Å². The van der Waals surface area contributed by atoms with Crippen molar-refractivity contribution in [3.8, 4) is 0 Å². The molecule has 0 bridgehead atoms. The van der Waals surface area contributed by atoms with Gasteiger partial charge in [0.1, 0.15) is 5.78 Å². The summed E-state index contributed by atoms with van der Waals surface area (Å²) in [5.74, 6) is 4.43. The zero-order chi connectivity index (χ0) is 23.3. The van der Waals surface area contributed by atoms with Crippen LogP contribution in [-0.2, 0) is 31.2 Å². The third-order valence-corrected chi connectivity index (χ3v) is 7.15. The van der Waals surface area contributed by atoms with Crippen LogP contribution in [0.4, 0.5) is 0 Å². The Labute approximate surface area is 210 Å². The Morgan fingerprint density at radius 1 is 1.06 bits per heavy atom. The van der Waals surface area contributed by atoms with Gasteiger partial charge in [-0.1, -0.05) is 62.9 Å². The van der Waals surface area contributed by atoms with E-state index < -0.39 is 0 Å². The molecule has 1 unspecified atom stereocenters. The van der Waals surface area contributed by atoms with Gasteiger partial charge >= 0.3 is 39.7 Å². The normalized spacial score (nSPS) is 27.5. The number of Topliss-reactive ketones (excluding diaryl/α,β-unsaturated/α-hetero) is 1. The molecule has 3 aliphatic rings. The Morgan fingerprint density at radius 2 is 1.59 bits per heavy atom. The number of hydrogen-bond donors (Lipinski definition) is 0. The molecule has 0 spiro atoms. The van der Waals surface area contributed by atoms with E-state index in [0.717, 1.165) is 6.42 Å². The number of ketones is 1. The molecule has 0 heterocycles. The zero-order valence-corrected chi connectivity index (χ0v) is 20.9. The Balaban J connectivity index is 0.000000822. The molecule has 3 aliphatic carbocycles. The first-order valence-electron chi connectivity index (χ1n) is 10.7. The summed E-state index contributed by atoms with van der Waals surface area (Å²) in [5, 5.41) is 0. The average Bonchev–Trinajstić information content (AvgIpc) is 3.36. The number of thioether (sulfide) groups is 1. The van der Waals surface area contributed by atoms with E-state index in [1.807, 2.05) is 38.2 Å². The summed E-state index contributed by atoms with van der Waals surface area (Å²) < 4.78 is 15.0. The molecule has 0 aromatic heterocycles. The van der Waals surface area contributed by atoms with Crippen LogP contribution >= 0.6 is 11.8 Å². The molecule has 0 saturated heterocycles. The predicted octanol–water partition coefficient (Wildman–Crippen LogP) is 6.55. The number of fused-ring (bicyclic) bond motifs is 1. The first kappa shape index (κ1) is 31.2. The maximum Gasteiger partial charge on any atom is 2.00 e. The zero-order valence-electron chi connectivity index (χ0n) is 19.0. The number of carbonyl (C=O) groups is 1. The van der Waals surface area contributed by atoms with Crippen LogP contribution in [0.3, 0.4) is 0 Å². The van der Waals surface area contributed by atoms with Crippen molar-refractivity contribution in [1.29, 1.82) is 0 Å². The Morgan fingerprint density at radius 3 is 2.03 bits per heavy atom. The van der Waals surface area contributed by atoms with Gasteiger partial charge in [0.15, 0.2) is 0 Å². The summed E-state index contributed by atoms with van der Waals surface area (Å²) >= 11 is 1.74. The monoisotopic (exact) mass is 492 g/mol. The van der Waals surface area contributed by atoms with Gasteiger partial charge in [-0.25, -0.2) is 0 Å². The maximum atomic E-state index is 13.0. The molecule has 0 amide bonds. The van der Waals surface area contributed by atoms with Gasteiger partial charge in [-0.2, -0.15) is 0 Å². The summed E-state index contributed by atoms with van der Waals surface area (Å²) in [6.45, 7) is 15.9. The van der Waals surface area contributed by atoms with Crippen molar-refractivity contribution in [2.75, 3.05) is 0 Å². The van der Waals surface area contributed by atoms with E-state index in [1.165, 1.54) is 24.2 Å². The van der Waals surface area contributed by atoms with Gasteiger partial charge in [0.2, 0.25) is 0 Å². The smallest absolute Gasteiger partial charge is 0.0312 e. The molecule has 3 saturated carbocycles. The summed E-state index contributed by atoms with van der Waals surface area (Å²) in [5.41, 5.74) is 0.304. The fourth-order valence-electron chi connectivity index (χ4n) is 4.69. The molecule has 32 heavy (non-hydrogen) atoms. The molecular formula is C27H32FeO3S+. The topological polar surface area (TPSA) is 56.9 Å². The molecule has 3 fully saturated rings. The van der Waals surface area contributed by atoms with Crippen molar-refractivity contribution in [3.63, 3.8) is 0 Å². The average molecular weight is 492 g/mol. The van der Waals surface area contributed by atoms with Crippen LogP contribution in [0.25, 0.3) is 0 Å². The molecule has 1 aromatic rings. The van der Waals surface area contributed by atoms with E-state index in [4.69, 9.17) is 9.30 Å². The van der Waals surface area contributed by atoms with Crippen molar-refractivity contribution in [2.24, 2.45) is 29.1 Å². The minimum absolute atomic E-state index is 0. The van der Waals surface area contributed by atoms with Crippen LogP contribution in [0.2, 0.25) is 0 Å². The third kappa shape index (κ3) is 9.24. The molecule has 4 atom stereocenters. The van der Waals surface area contributed by atoms with Crippen molar-refractivity contribution in [2.45, 2.75) is 51.3 Å². The van der Waals surface area contributed by atoms with E-state index >= 15 is 0 Å². The molecule has 3 nitrogen and oxygen atoms in total. The minimum atomic E-state index is 0. The standard InChI is InChI=1S/C20H27OS.C5H5.2CO.Fe/c1-14(2)11-15-12-20(3)10-9-18(20)19(21)17(15)13-22-16-7-5-4-6-8-16;1-2-4-5-3-1;2*1-2;/h4-8,13-15,17-18H,9-12H2,1-3H3;1-5H;;;/q-1;;;;+2/t15-,17?,18+,20-;;;;/m0..../s1. The van der Waals surface area contributed by atoms with Crippen molar-refractivity contribution >= 4 is 17.5 Å². The number of carbonyl (C=O) groups excluding carboxylic acids is 1. The number of hydrogen-bond acceptors (Lipinski definition) is 2. The van der Waals surface area contributed by atoms with Crippen molar-refractivity contribution < 1.29 is 31.2 Å². The second-order valence-electron chi connectivity index (χ2n) is 8.80. The number of benzene rings is 1. The molecule has 0 N–H and O–H groups in total. The van der Waals surface area contributed by atoms with E-state index in [0.29, 0.717) is 29.0 Å². The fourth-order valence-corrected chi connectivity index (χ4v) is 5.66. The van der Waals surface area contributed by atoms with E-state index in [9.17, 15) is 4.79 Å². The molecule has 5 heteroatoms. The minimum Gasteiger partial charge on any atom is -0.0312 e. The summed E-state index contributed by atoms with van der Waals surface area (Å²) in [6, 6.07) is 10.4.